The number of Topliss-reactive ketones (excluding diaryl/α,β-unsaturated/α-hetero) is 1. The van der Waals surface area contributed by atoms with Gasteiger partial charge in [0.2, 0.25) is 5.78 Å². The quantitative estimate of drug-likeness (QED) is 0.528. The van der Waals surface area contributed by atoms with E-state index in [0.717, 1.165) is 9.08 Å². The van der Waals surface area contributed by atoms with Crippen molar-refractivity contribution in [1.29, 1.82) is 0 Å². The van der Waals surface area contributed by atoms with Gasteiger partial charge in [0.25, 0.3) is 3.79 Å². The Bertz CT molecular complexity index is 383. The number of rotatable bonds is 1. The fraction of sp³-hybridized carbons (Fsp3) is 0.286. The SMILES string of the molecule is Cn1c(C(=O)C(Cl)(Cl)Cl)cc(Br)c1Br. The Morgan fingerprint density at radius 1 is 1.43 bits per heavy atom. The smallest absolute Gasteiger partial charge is 0.255 e. The molecule has 0 aromatic carbocycles. The maximum Gasteiger partial charge on any atom is 0.255 e. The molecule has 0 fully saturated rings. The summed E-state index contributed by atoms with van der Waals surface area (Å²) >= 11 is 23.0. The van der Waals surface area contributed by atoms with Crippen LogP contribution in [0.25, 0.3) is 0 Å². The van der Waals surface area contributed by atoms with Crippen LogP contribution in [0.1, 0.15) is 10.5 Å². The number of hydrogen-bond donors (Lipinski definition) is 0. The lowest BCUT2D eigenvalue weighted by molar-refractivity contribution is 0.0988. The van der Waals surface area contributed by atoms with E-state index in [1.165, 1.54) is 0 Å². The largest absolute Gasteiger partial charge is 0.335 e. The standard InChI is InChI=1S/C7H4Br2Cl3NO/c1-13-4(2-3(8)6(13)9)5(14)7(10,11)12/h2H,1H3. The van der Waals surface area contributed by atoms with Crippen LogP contribution in [0.3, 0.4) is 0 Å². The fourth-order valence-electron chi connectivity index (χ4n) is 0.905. The van der Waals surface area contributed by atoms with E-state index in [2.05, 4.69) is 31.9 Å². The predicted molar refractivity (Wildman–Crippen MR) is 65.4 cm³/mol. The van der Waals surface area contributed by atoms with Crippen molar-refractivity contribution < 1.29 is 4.79 Å². The number of aromatic nitrogens is 1. The Kier molecular flexibility index (Phi) is 3.98. The van der Waals surface area contributed by atoms with Crippen LogP contribution >= 0.6 is 66.7 Å². The van der Waals surface area contributed by atoms with E-state index in [1.54, 1.807) is 17.7 Å². The maximum atomic E-state index is 11.6. The molecule has 1 rings (SSSR count). The number of carbonyl (C=O) groups excluding carboxylic acids is 1. The molecule has 0 radical (unpaired) electrons. The molecule has 0 aliphatic heterocycles. The molecule has 7 heteroatoms. The van der Waals surface area contributed by atoms with Crippen molar-refractivity contribution in [2.45, 2.75) is 3.79 Å². The lowest BCUT2D eigenvalue weighted by Crippen LogP contribution is -2.21. The lowest BCUT2D eigenvalue weighted by atomic mass is 10.3. The minimum Gasteiger partial charge on any atom is -0.335 e. The normalized spacial score (nSPS) is 11.9. The zero-order valence-corrected chi connectivity index (χ0v) is 12.3. The molecule has 14 heavy (non-hydrogen) atoms. The topological polar surface area (TPSA) is 22.0 Å². The number of nitrogens with zero attached hydrogens (tertiary/aromatic N) is 1. The highest BCUT2D eigenvalue weighted by Crippen LogP contribution is 2.34. The first-order valence-corrected chi connectivity index (χ1v) is 6.09. The molecule has 0 saturated carbocycles. The second kappa shape index (κ2) is 4.34. The van der Waals surface area contributed by atoms with E-state index < -0.39 is 9.58 Å². The highest BCUT2D eigenvalue weighted by molar-refractivity contribution is 9.13. The molecule has 1 aromatic rings. The Balaban J connectivity index is 3.22. The van der Waals surface area contributed by atoms with Crippen LogP contribution < -0.4 is 0 Å². The van der Waals surface area contributed by atoms with Crippen LogP contribution in [0.4, 0.5) is 0 Å². The van der Waals surface area contributed by atoms with Gasteiger partial charge < -0.3 is 4.57 Å². The van der Waals surface area contributed by atoms with Gasteiger partial charge in [-0.3, -0.25) is 4.79 Å². The summed E-state index contributed by atoms with van der Waals surface area (Å²) in [5.41, 5.74) is 0.323. The number of hydrogen-bond acceptors (Lipinski definition) is 1. The molecule has 2 nitrogen and oxygen atoms in total. The fourth-order valence-corrected chi connectivity index (χ4v) is 1.98. The molecule has 0 aliphatic rings. The molecule has 0 unspecified atom stereocenters. The molecule has 78 valence electrons. The monoisotopic (exact) mass is 381 g/mol. The third-order valence-corrected chi connectivity index (χ3v) is 4.22. The average molecular weight is 384 g/mol. The van der Waals surface area contributed by atoms with Crippen LogP contribution in [0, 0.1) is 0 Å². The number of carbonyl (C=O) groups is 1. The number of halogens is 5. The van der Waals surface area contributed by atoms with Crippen molar-refractivity contribution in [3.63, 3.8) is 0 Å². The van der Waals surface area contributed by atoms with Gasteiger partial charge in [-0.25, -0.2) is 0 Å². The Labute approximate surface area is 113 Å². The molecule has 0 N–H and O–H groups in total. The van der Waals surface area contributed by atoms with Crippen LogP contribution in [0.5, 0.6) is 0 Å². The van der Waals surface area contributed by atoms with Gasteiger partial charge in [-0.15, -0.1) is 0 Å². The van der Waals surface area contributed by atoms with Gasteiger partial charge in [0, 0.05) is 7.05 Å². The second-order valence-corrected chi connectivity index (χ2v) is 6.44. The summed E-state index contributed by atoms with van der Waals surface area (Å²) in [6.07, 6.45) is 0. The summed E-state index contributed by atoms with van der Waals surface area (Å²) in [7, 11) is 1.69. The minimum atomic E-state index is -1.93. The lowest BCUT2D eigenvalue weighted by Gasteiger charge is -2.09. The summed E-state index contributed by atoms with van der Waals surface area (Å²) < 4.78 is 1.12. The third-order valence-electron chi connectivity index (χ3n) is 1.61. The second-order valence-electron chi connectivity index (χ2n) is 2.55. The van der Waals surface area contributed by atoms with Crippen molar-refractivity contribution in [3.8, 4) is 0 Å². The highest BCUT2D eigenvalue weighted by atomic mass is 79.9. The van der Waals surface area contributed by atoms with Crippen LogP contribution in [0.2, 0.25) is 0 Å². The zero-order valence-electron chi connectivity index (χ0n) is 6.82. The van der Waals surface area contributed by atoms with Gasteiger partial charge in [0.1, 0.15) is 0 Å². The molecule has 1 aromatic heterocycles. The van der Waals surface area contributed by atoms with Crippen LogP contribution in [-0.2, 0) is 7.05 Å². The molecule has 1 heterocycles. The Morgan fingerprint density at radius 2 is 1.93 bits per heavy atom. The van der Waals surface area contributed by atoms with E-state index in [9.17, 15) is 4.79 Å². The predicted octanol–water partition coefficient (Wildman–Crippen LogP) is 4.10. The summed E-state index contributed by atoms with van der Waals surface area (Å²) in [6.45, 7) is 0. The van der Waals surface area contributed by atoms with Gasteiger partial charge in [-0.2, -0.15) is 0 Å². The van der Waals surface area contributed by atoms with Crippen molar-refractivity contribution in [1.82, 2.24) is 4.57 Å². The zero-order chi connectivity index (χ0) is 11.1. The summed E-state index contributed by atoms with van der Waals surface area (Å²) in [4.78, 5) is 11.6. The molecular formula is C7H4Br2Cl3NO. The van der Waals surface area contributed by atoms with Gasteiger partial charge in [0.05, 0.1) is 14.8 Å². The van der Waals surface area contributed by atoms with Crippen LogP contribution in [-0.4, -0.2) is 14.1 Å². The number of ketones is 1. The van der Waals surface area contributed by atoms with E-state index in [4.69, 9.17) is 34.8 Å². The molecule has 0 atom stereocenters. The Morgan fingerprint density at radius 3 is 2.21 bits per heavy atom. The van der Waals surface area contributed by atoms with E-state index in [0.29, 0.717) is 5.69 Å². The van der Waals surface area contributed by atoms with Gasteiger partial charge in [-0.05, 0) is 37.9 Å². The first-order chi connectivity index (χ1) is 6.25. The number of alkyl halides is 3. The maximum absolute atomic E-state index is 11.6. The van der Waals surface area contributed by atoms with E-state index >= 15 is 0 Å². The molecule has 0 saturated heterocycles. The van der Waals surface area contributed by atoms with Crippen LogP contribution in [0.15, 0.2) is 15.1 Å². The van der Waals surface area contributed by atoms with Gasteiger partial charge in [0.15, 0.2) is 0 Å². The van der Waals surface area contributed by atoms with E-state index in [1.807, 2.05) is 0 Å². The molecule has 0 spiro atoms. The van der Waals surface area contributed by atoms with Crippen molar-refractivity contribution in [2.24, 2.45) is 7.05 Å². The third kappa shape index (κ3) is 2.47. The molecular weight excluding hydrogens is 380 g/mol. The highest BCUT2D eigenvalue weighted by Gasteiger charge is 2.34. The summed E-state index contributed by atoms with van der Waals surface area (Å²) in [5, 5.41) is 0. The van der Waals surface area contributed by atoms with Crippen molar-refractivity contribution in [2.75, 3.05) is 0 Å². The van der Waals surface area contributed by atoms with Gasteiger partial charge >= 0.3 is 0 Å². The van der Waals surface area contributed by atoms with Gasteiger partial charge in [-0.1, -0.05) is 34.8 Å². The first-order valence-electron chi connectivity index (χ1n) is 3.37. The average Bonchev–Trinajstić information content (AvgIpc) is 2.30. The molecule has 0 amide bonds. The summed E-state index contributed by atoms with van der Waals surface area (Å²) in [6, 6.07) is 1.59. The van der Waals surface area contributed by atoms with Crippen molar-refractivity contribution in [3.05, 3.63) is 20.8 Å². The van der Waals surface area contributed by atoms with E-state index in [-0.39, 0.29) is 0 Å². The van der Waals surface area contributed by atoms with Crippen molar-refractivity contribution >= 4 is 72.4 Å². The Hall–Kier alpha value is 0.780. The molecule has 0 bridgehead atoms. The summed E-state index contributed by atoms with van der Waals surface area (Å²) in [5.74, 6) is -0.559. The first kappa shape index (κ1) is 12.8. The minimum absolute atomic E-state index is 0.323. The molecule has 0 aliphatic carbocycles.